The first-order valence-corrected chi connectivity index (χ1v) is 9.47. The Morgan fingerprint density at radius 3 is 3.04 bits per heavy atom. The normalized spacial score (nSPS) is 22.2. The first-order valence-electron chi connectivity index (χ1n) is 8.74. The van der Waals surface area contributed by atoms with Gasteiger partial charge in [-0.2, -0.15) is 8.73 Å². The molecule has 4 rings (SSSR count). The van der Waals surface area contributed by atoms with E-state index in [9.17, 15) is 4.79 Å². The maximum atomic E-state index is 12.7. The van der Waals surface area contributed by atoms with Crippen molar-refractivity contribution in [1.29, 1.82) is 0 Å². The predicted octanol–water partition coefficient (Wildman–Crippen LogP) is 2.96. The lowest BCUT2D eigenvalue weighted by Gasteiger charge is -2.49. The van der Waals surface area contributed by atoms with Gasteiger partial charge in [0.05, 0.1) is 23.6 Å². The summed E-state index contributed by atoms with van der Waals surface area (Å²) in [4.78, 5) is 15.1. The molecule has 1 aromatic rings. The molecular formula is C17H23N5OS. The zero-order valence-corrected chi connectivity index (χ0v) is 14.6. The van der Waals surface area contributed by atoms with Crippen LogP contribution in [-0.2, 0) is 16.1 Å². The lowest BCUT2D eigenvalue weighted by molar-refractivity contribution is -0.120. The number of rotatable bonds is 3. The van der Waals surface area contributed by atoms with Crippen LogP contribution in [0, 0.1) is 0 Å². The van der Waals surface area contributed by atoms with Crippen LogP contribution in [0.15, 0.2) is 26.9 Å². The van der Waals surface area contributed by atoms with Crippen LogP contribution in [0.2, 0.25) is 0 Å². The second-order valence-electron chi connectivity index (χ2n) is 6.87. The summed E-state index contributed by atoms with van der Waals surface area (Å²) in [7, 11) is 0. The number of anilines is 1. The Hall–Kier alpha value is -1.57. The summed E-state index contributed by atoms with van der Waals surface area (Å²) in [6.07, 6.45) is 6.24. The monoisotopic (exact) mass is 345 g/mol. The van der Waals surface area contributed by atoms with Crippen molar-refractivity contribution < 1.29 is 4.79 Å². The first-order chi connectivity index (χ1) is 11.8. The number of hydrogen-bond acceptors (Lipinski definition) is 5. The second-order valence-corrected chi connectivity index (χ2v) is 7.40. The molecule has 7 heteroatoms. The Morgan fingerprint density at radius 1 is 1.29 bits per heavy atom. The van der Waals surface area contributed by atoms with Gasteiger partial charge in [-0.1, -0.05) is 25.3 Å². The van der Waals surface area contributed by atoms with Gasteiger partial charge in [0.15, 0.2) is 0 Å². The molecule has 6 nitrogen and oxygen atoms in total. The van der Waals surface area contributed by atoms with Gasteiger partial charge in [0.1, 0.15) is 11.4 Å². The number of piperazine rings is 1. The van der Waals surface area contributed by atoms with E-state index in [0.29, 0.717) is 6.54 Å². The van der Waals surface area contributed by atoms with Crippen LogP contribution in [0.5, 0.6) is 0 Å². The van der Waals surface area contributed by atoms with Crippen molar-refractivity contribution >= 4 is 34.3 Å². The van der Waals surface area contributed by atoms with Crippen molar-refractivity contribution in [2.24, 2.45) is 8.73 Å². The van der Waals surface area contributed by atoms with Gasteiger partial charge in [0.2, 0.25) is 5.91 Å². The summed E-state index contributed by atoms with van der Waals surface area (Å²) in [5.74, 6) is 0.0438. The number of benzene rings is 1. The van der Waals surface area contributed by atoms with E-state index in [4.69, 9.17) is 0 Å². The quantitative estimate of drug-likeness (QED) is 0.898. The van der Waals surface area contributed by atoms with Gasteiger partial charge in [-0.3, -0.25) is 9.69 Å². The summed E-state index contributed by atoms with van der Waals surface area (Å²) in [5.41, 5.74) is 2.55. The molecule has 1 aromatic carbocycles. The van der Waals surface area contributed by atoms with Crippen LogP contribution < -0.4 is 10.6 Å². The molecule has 0 atom stereocenters. The number of hydrogen-bond donors (Lipinski definition) is 2. The highest BCUT2D eigenvalue weighted by atomic mass is 32.1. The van der Waals surface area contributed by atoms with Crippen molar-refractivity contribution in [3.05, 3.63) is 18.2 Å². The van der Waals surface area contributed by atoms with Crippen LogP contribution in [0.1, 0.15) is 32.1 Å². The topological polar surface area (TPSA) is 69.1 Å². The Morgan fingerprint density at radius 2 is 2.17 bits per heavy atom. The molecule has 2 heterocycles. The summed E-state index contributed by atoms with van der Waals surface area (Å²) in [5, 5.41) is 6.57. The minimum absolute atomic E-state index is 0.0438. The fourth-order valence-corrected chi connectivity index (χ4v) is 4.65. The standard InChI is InChI=1S/C17H23N5OS/c23-15(19-13-5-4-6-14-16(13)21-24-20-14)11-22-10-9-18-12-17(22)7-2-1-3-8-17/h4-6,18H,1-3,7-12H2,(H,19,23). The summed E-state index contributed by atoms with van der Waals surface area (Å²) < 4.78 is 8.53. The molecule has 1 spiro atoms. The van der Waals surface area contributed by atoms with Gasteiger partial charge in [-0.25, -0.2) is 0 Å². The van der Waals surface area contributed by atoms with Crippen LogP contribution in [-0.4, -0.2) is 42.5 Å². The average molecular weight is 345 g/mol. The lowest BCUT2D eigenvalue weighted by atomic mass is 9.79. The van der Waals surface area contributed by atoms with Gasteiger partial charge in [-0.05, 0) is 25.0 Å². The number of carbonyl (C=O) groups is 1. The number of nitrogens with one attached hydrogen (secondary N) is 2. The molecule has 0 unspecified atom stereocenters. The van der Waals surface area contributed by atoms with Crippen LogP contribution in [0.25, 0.3) is 0 Å². The fourth-order valence-electron chi connectivity index (χ4n) is 4.10. The third-order valence-electron chi connectivity index (χ3n) is 5.36. The van der Waals surface area contributed by atoms with E-state index in [0.717, 1.165) is 36.7 Å². The molecule has 1 amide bonds. The van der Waals surface area contributed by atoms with Gasteiger partial charge < -0.3 is 10.6 Å². The number of carbonyl (C=O) groups excluding carboxylic acids is 1. The van der Waals surface area contributed by atoms with Gasteiger partial charge in [0.25, 0.3) is 0 Å². The molecule has 2 N–H and O–H groups in total. The number of amides is 1. The Bertz CT molecular complexity index is 699. The molecule has 1 aliphatic carbocycles. The maximum absolute atomic E-state index is 12.7. The third kappa shape index (κ3) is 3.03. The molecule has 3 aliphatic rings. The van der Waals surface area contributed by atoms with E-state index >= 15 is 0 Å². The van der Waals surface area contributed by atoms with Crippen LogP contribution in [0.3, 0.4) is 0 Å². The highest BCUT2D eigenvalue weighted by molar-refractivity contribution is 7.58. The fraction of sp³-hybridized carbons (Fsp3) is 0.588. The van der Waals surface area contributed by atoms with E-state index in [-0.39, 0.29) is 11.4 Å². The van der Waals surface area contributed by atoms with Crippen molar-refractivity contribution in [1.82, 2.24) is 10.2 Å². The lowest BCUT2D eigenvalue weighted by Crippen LogP contribution is -2.63. The smallest absolute Gasteiger partial charge is 0.238 e. The molecule has 1 saturated carbocycles. The summed E-state index contributed by atoms with van der Waals surface area (Å²) in [6.45, 7) is 3.36. The Labute approximate surface area is 145 Å². The van der Waals surface area contributed by atoms with Crippen LogP contribution >= 0.6 is 0 Å². The zero-order valence-electron chi connectivity index (χ0n) is 13.8. The zero-order chi connectivity index (χ0) is 16.4. The Kier molecular flexibility index (Phi) is 4.47. The molecule has 0 aromatic heterocycles. The number of nitrogens with zero attached hydrogens (tertiary/aromatic N) is 3. The van der Waals surface area contributed by atoms with Crippen LogP contribution in [0.4, 0.5) is 17.1 Å². The van der Waals surface area contributed by atoms with Gasteiger partial charge in [0, 0.05) is 25.2 Å². The van der Waals surface area contributed by atoms with E-state index in [1.165, 1.54) is 43.5 Å². The largest absolute Gasteiger partial charge is 0.323 e. The van der Waals surface area contributed by atoms with Gasteiger partial charge >= 0.3 is 0 Å². The molecular weight excluding hydrogens is 322 g/mol. The molecule has 2 aliphatic heterocycles. The predicted molar refractivity (Wildman–Crippen MR) is 96.9 cm³/mol. The number of fused-ring (bicyclic) bond motifs is 1. The maximum Gasteiger partial charge on any atom is 0.238 e. The van der Waals surface area contributed by atoms with E-state index in [1.807, 2.05) is 18.2 Å². The van der Waals surface area contributed by atoms with Crippen molar-refractivity contribution in [3.8, 4) is 0 Å². The Balaban J connectivity index is 1.45. The van der Waals surface area contributed by atoms with Gasteiger partial charge in [-0.15, -0.1) is 0 Å². The van der Waals surface area contributed by atoms with E-state index < -0.39 is 0 Å². The summed E-state index contributed by atoms with van der Waals surface area (Å²) in [6, 6.07) is 5.73. The second kappa shape index (κ2) is 6.74. The molecule has 1 saturated heterocycles. The molecule has 128 valence electrons. The highest BCUT2D eigenvalue weighted by Crippen LogP contribution is 2.38. The SMILES string of the molecule is O=C(CN1CCNCC12CCCCC2)Nc1cccc2c1N=S=N2. The molecule has 0 radical (unpaired) electrons. The minimum Gasteiger partial charge on any atom is -0.323 e. The first kappa shape index (κ1) is 15.9. The molecule has 0 bridgehead atoms. The molecule has 24 heavy (non-hydrogen) atoms. The van der Waals surface area contributed by atoms with Crippen molar-refractivity contribution in [3.63, 3.8) is 0 Å². The highest BCUT2D eigenvalue weighted by Gasteiger charge is 2.40. The minimum atomic E-state index is 0.0438. The average Bonchev–Trinajstić information content (AvgIpc) is 3.08. The third-order valence-corrected chi connectivity index (χ3v) is 5.90. The van der Waals surface area contributed by atoms with Crippen molar-refractivity contribution in [2.45, 2.75) is 37.6 Å². The van der Waals surface area contributed by atoms with E-state index in [1.54, 1.807) is 0 Å². The molecule has 2 fully saturated rings. The van der Waals surface area contributed by atoms with E-state index in [2.05, 4.69) is 24.3 Å². The van der Waals surface area contributed by atoms with Crippen molar-refractivity contribution in [2.75, 3.05) is 31.5 Å². The summed E-state index contributed by atoms with van der Waals surface area (Å²) >= 11 is 1.18.